The molecule has 1 N–H and O–H groups in total. The number of hydrogen-bond donors (Lipinski definition) is 1. The summed E-state index contributed by atoms with van der Waals surface area (Å²) in [6, 6.07) is 1.74. The fraction of sp³-hybridized carbons (Fsp3) is 0.600. The first kappa shape index (κ1) is 13.0. The molecule has 16 heavy (non-hydrogen) atoms. The Kier molecular flexibility index (Phi) is 5.88. The Hall–Kier alpha value is -1.07. The van der Waals surface area contributed by atoms with Crippen molar-refractivity contribution in [2.24, 2.45) is 0 Å². The van der Waals surface area contributed by atoms with Crippen molar-refractivity contribution in [3.8, 4) is 5.88 Å². The zero-order chi connectivity index (χ0) is 11.8. The number of anilines is 1. The summed E-state index contributed by atoms with van der Waals surface area (Å²) >= 11 is 5.97. The van der Waals surface area contributed by atoms with Gasteiger partial charge in [0.1, 0.15) is 12.1 Å². The molecule has 90 valence electrons. The van der Waals surface area contributed by atoms with Gasteiger partial charge >= 0.3 is 0 Å². The summed E-state index contributed by atoms with van der Waals surface area (Å²) in [5, 5.41) is 3.00. The number of hydrogen-bond acceptors (Lipinski definition) is 5. The van der Waals surface area contributed by atoms with Crippen molar-refractivity contribution in [2.45, 2.75) is 12.3 Å². The Morgan fingerprint density at radius 1 is 1.50 bits per heavy atom. The summed E-state index contributed by atoms with van der Waals surface area (Å²) in [5.74, 6) is 1.25. The Balaban J connectivity index is 2.44. The Morgan fingerprint density at radius 3 is 3.00 bits per heavy atom. The maximum Gasteiger partial charge on any atom is 0.218 e. The molecule has 0 aliphatic carbocycles. The van der Waals surface area contributed by atoms with Gasteiger partial charge in [0, 0.05) is 19.7 Å². The molecule has 0 saturated carbocycles. The molecule has 1 rings (SSSR count). The van der Waals surface area contributed by atoms with Crippen LogP contribution < -0.4 is 10.1 Å². The topological polar surface area (TPSA) is 56.3 Å². The molecule has 5 nitrogen and oxygen atoms in total. The van der Waals surface area contributed by atoms with Crippen LogP contribution in [-0.4, -0.2) is 42.2 Å². The fourth-order valence-corrected chi connectivity index (χ4v) is 1.32. The molecule has 0 aliphatic rings. The van der Waals surface area contributed by atoms with Gasteiger partial charge in [0.25, 0.3) is 0 Å². The quantitative estimate of drug-likeness (QED) is 0.739. The third kappa shape index (κ3) is 4.63. The number of nitrogens with zero attached hydrogens (tertiary/aromatic N) is 2. The first-order valence-electron chi connectivity index (χ1n) is 5.08. The van der Waals surface area contributed by atoms with E-state index >= 15 is 0 Å². The van der Waals surface area contributed by atoms with Gasteiger partial charge in [0.15, 0.2) is 0 Å². The van der Waals surface area contributed by atoms with E-state index in [9.17, 15) is 0 Å². The Bertz CT molecular complexity index is 312. The number of aromatic nitrogens is 2. The van der Waals surface area contributed by atoms with Crippen LogP contribution in [-0.2, 0) is 4.74 Å². The normalized spacial score (nSPS) is 12.2. The van der Waals surface area contributed by atoms with Crippen LogP contribution in [0.3, 0.4) is 0 Å². The van der Waals surface area contributed by atoms with Gasteiger partial charge in [0.2, 0.25) is 5.88 Å². The first-order chi connectivity index (χ1) is 7.76. The van der Waals surface area contributed by atoms with Gasteiger partial charge in [-0.15, -0.1) is 11.6 Å². The fourth-order valence-electron chi connectivity index (χ4n) is 1.12. The van der Waals surface area contributed by atoms with E-state index in [2.05, 4.69) is 15.3 Å². The van der Waals surface area contributed by atoms with Crippen molar-refractivity contribution in [1.29, 1.82) is 0 Å². The van der Waals surface area contributed by atoms with Gasteiger partial charge in [-0.05, 0) is 6.92 Å². The molecule has 0 aliphatic heterocycles. The number of ether oxygens (including phenoxy) is 2. The maximum absolute atomic E-state index is 5.97. The summed E-state index contributed by atoms with van der Waals surface area (Å²) in [5.41, 5.74) is 0. The number of alkyl halides is 1. The lowest BCUT2D eigenvalue weighted by Crippen LogP contribution is -2.19. The monoisotopic (exact) mass is 245 g/mol. The van der Waals surface area contributed by atoms with Crippen LogP contribution in [0, 0.1) is 0 Å². The van der Waals surface area contributed by atoms with E-state index in [4.69, 9.17) is 21.1 Å². The van der Waals surface area contributed by atoms with E-state index in [-0.39, 0.29) is 5.38 Å². The van der Waals surface area contributed by atoms with Crippen molar-refractivity contribution in [2.75, 3.05) is 32.2 Å². The number of methoxy groups -OCH3 is 1. The van der Waals surface area contributed by atoms with Crippen LogP contribution in [0.15, 0.2) is 12.4 Å². The summed E-state index contributed by atoms with van der Waals surface area (Å²) in [6.45, 7) is 3.57. The first-order valence-corrected chi connectivity index (χ1v) is 5.51. The molecule has 1 aromatic rings. The van der Waals surface area contributed by atoms with Crippen LogP contribution in [0.25, 0.3) is 0 Å². The zero-order valence-corrected chi connectivity index (χ0v) is 10.2. The van der Waals surface area contributed by atoms with E-state index in [1.165, 1.54) is 6.33 Å². The molecule has 0 radical (unpaired) electrons. The van der Waals surface area contributed by atoms with Crippen LogP contribution in [0.5, 0.6) is 5.88 Å². The summed E-state index contributed by atoms with van der Waals surface area (Å²) in [7, 11) is 1.62. The van der Waals surface area contributed by atoms with E-state index in [0.29, 0.717) is 31.5 Å². The largest absolute Gasteiger partial charge is 0.478 e. The van der Waals surface area contributed by atoms with Gasteiger partial charge in [-0.25, -0.2) is 9.97 Å². The van der Waals surface area contributed by atoms with Crippen molar-refractivity contribution in [3.05, 3.63) is 12.4 Å². The van der Waals surface area contributed by atoms with Crippen LogP contribution in [0.2, 0.25) is 0 Å². The molecule has 0 fully saturated rings. The number of halogens is 1. The SMILES string of the molecule is CCOc1cc(NCC(Cl)COC)ncn1. The van der Waals surface area contributed by atoms with Gasteiger partial charge in [0.05, 0.1) is 18.6 Å². The molecule has 1 heterocycles. The highest BCUT2D eigenvalue weighted by molar-refractivity contribution is 6.21. The minimum absolute atomic E-state index is 0.0875. The minimum Gasteiger partial charge on any atom is -0.478 e. The second-order valence-electron chi connectivity index (χ2n) is 3.11. The lowest BCUT2D eigenvalue weighted by atomic mass is 10.4. The summed E-state index contributed by atoms with van der Waals surface area (Å²) in [4.78, 5) is 8.01. The van der Waals surface area contributed by atoms with E-state index in [0.717, 1.165) is 0 Å². The number of rotatable bonds is 7. The van der Waals surface area contributed by atoms with Gasteiger partial charge in [-0.2, -0.15) is 0 Å². The lowest BCUT2D eigenvalue weighted by Gasteiger charge is -2.10. The highest BCUT2D eigenvalue weighted by Gasteiger charge is 2.04. The Morgan fingerprint density at radius 2 is 2.31 bits per heavy atom. The molecular formula is C10H16ClN3O2. The third-order valence-corrected chi connectivity index (χ3v) is 2.07. The Labute approximate surface area is 100 Å². The van der Waals surface area contributed by atoms with Crippen LogP contribution in [0.1, 0.15) is 6.92 Å². The summed E-state index contributed by atoms with van der Waals surface area (Å²) in [6.07, 6.45) is 1.45. The number of nitrogens with one attached hydrogen (secondary N) is 1. The van der Waals surface area contributed by atoms with E-state index < -0.39 is 0 Å². The smallest absolute Gasteiger partial charge is 0.218 e. The molecular weight excluding hydrogens is 230 g/mol. The van der Waals surface area contributed by atoms with Gasteiger partial charge < -0.3 is 14.8 Å². The molecule has 0 saturated heterocycles. The predicted octanol–water partition coefficient (Wildman–Crippen LogP) is 1.54. The van der Waals surface area contributed by atoms with Crippen molar-refractivity contribution in [3.63, 3.8) is 0 Å². The van der Waals surface area contributed by atoms with Crippen LogP contribution >= 0.6 is 11.6 Å². The van der Waals surface area contributed by atoms with Crippen molar-refractivity contribution < 1.29 is 9.47 Å². The second kappa shape index (κ2) is 7.24. The van der Waals surface area contributed by atoms with Gasteiger partial charge in [-0.1, -0.05) is 0 Å². The highest BCUT2D eigenvalue weighted by atomic mass is 35.5. The van der Waals surface area contributed by atoms with Gasteiger partial charge in [-0.3, -0.25) is 0 Å². The molecule has 1 aromatic heterocycles. The summed E-state index contributed by atoms with van der Waals surface area (Å²) < 4.78 is 10.2. The molecule has 0 spiro atoms. The van der Waals surface area contributed by atoms with Crippen LogP contribution in [0.4, 0.5) is 5.82 Å². The molecule has 0 amide bonds. The molecule has 1 atom stereocenters. The third-order valence-electron chi connectivity index (χ3n) is 1.79. The average molecular weight is 246 g/mol. The zero-order valence-electron chi connectivity index (χ0n) is 9.44. The maximum atomic E-state index is 5.97. The highest BCUT2D eigenvalue weighted by Crippen LogP contribution is 2.11. The molecule has 0 bridgehead atoms. The van der Waals surface area contributed by atoms with Crippen molar-refractivity contribution >= 4 is 17.4 Å². The molecule has 1 unspecified atom stereocenters. The predicted molar refractivity (Wildman–Crippen MR) is 63.2 cm³/mol. The van der Waals surface area contributed by atoms with E-state index in [1.807, 2.05) is 6.92 Å². The average Bonchev–Trinajstić information content (AvgIpc) is 2.28. The van der Waals surface area contributed by atoms with Crippen molar-refractivity contribution in [1.82, 2.24) is 9.97 Å². The van der Waals surface area contributed by atoms with E-state index in [1.54, 1.807) is 13.2 Å². The second-order valence-corrected chi connectivity index (χ2v) is 3.73. The standard InChI is InChI=1S/C10H16ClN3O2/c1-3-16-10-4-9(13-7-14-10)12-5-8(11)6-15-2/h4,7-8H,3,5-6H2,1-2H3,(H,12,13,14). The minimum atomic E-state index is -0.0875. The molecule has 0 aromatic carbocycles. The lowest BCUT2D eigenvalue weighted by molar-refractivity contribution is 0.200. The molecule has 6 heteroatoms.